The van der Waals surface area contributed by atoms with Crippen LogP contribution in [0.1, 0.15) is 112 Å². The highest BCUT2D eigenvalue weighted by Crippen LogP contribution is 2.68. The molecule has 0 aromatic rings. The van der Waals surface area contributed by atoms with Crippen molar-refractivity contribution in [3.8, 4) is 0 Å². The molecule has 9 atom stereocenters. The van der Waals surface area contributed by atoms with Gasteiger partial charge in [-0.3, -0.25) is 9.59 Å². The highest BCUT2D eigenvalue weighted by molar-refractivity contribution is 7.85. The van der Waals surface area contributed by atoms with Crippen LogP contribution in [0.2, 0.25) is 0 Å². The number of ketones is 1. The fourth-order valence-corrected chi connectivity index (χ4v) is 10.6. The van der Waals surface area contributed by atoms with Gasteiger partial charge in [-0.2, -0.15) is 0 Å². The second kappa shape index (κ2) is 10.9. The lowest BCUT2D eigenvalue weighted by molar-refractivity contribution is -0.140. The number of rotatable bonds is 9. The van der Waals surface area contributed by atoms with E-state index in [1.807, 2.05) is 13.8 Å². The van der Waals surface area contributed by atoms with Crippen LogP contribution in [0.3, 0.4) is 0 Å². The number of Topliss-reactive ketones (excluding diaryl/α,β-unsaturated/α-hetero) is 1. The van der Waals surface area contributed by atoms with E-state index in [9.17, 15) is 22.6 Å². The monoisotopic (exact) mass is 536 g/mol. The zero-order valence-corrected chi connectivity index (χ0v) is 24.6. The maximum absolute atomic E-state index is 12.8. The van der Waals surface area contributed by atoms with Gasteiger partial charge in [-0.25, -0.2) is 8.42 Å². The number of nitrogens with one attached hydrogen (secondary N) is 1. The molecule has 4 aliphatic carbocycles. The molecule has 0 radical (unpaired) electrons. The maximum atomic E-state index is 12.8. The second-order valence-electron chi connectivity index (χ2n) is 14.3. The van der Waals surface area contributed by atoms with Crippen LogP contribution in [0, 0.1) is 52.3 Å². The molecule has 0 bridgehead atoms. The minimum Gasteiger partial charge on any atom is -0.748 e. The minimum absolute atomic E-state index is 0.136. The van der Waals surface area contributed by atoms with Crippen LogP contribution in [0.25, 0.3) is 0 Å². The van der Waals surface area contributed by atoms with Gasteiger partial charge in [-0.1, -0.05) is 34.6 Å². The number of amides is 1. The average Bonchev–Trinajstić information content (AvgIpc) is 3.13. The smallest absolute Gasteiger partial charge is 0.220 e. The highest BCUT2D eigenvalue weighted by Gasteiger charge is 2.60. The molecule has 4 saturated carbocycles. The summed E-state index contributed by atoms with van der Waals surface area (Å²) >= 11 is 0. The normalized spacial score (nSPS) is 39.4. The molecule has 0 saturated heterocycles. The Bertz CT molecular complexity index is 963. The van der Waals surface area contributed by atoms with Gasteiger partial charge in [0.25, 0.3) is 0 Å². The molecular weight excluding hydrogens is 486 g/mol. The average molecular weight is 537 g/mol. The molecule has 0 heterocycles. The summed E-state index contributed by atoms with van der Waals surface area (Å²) in [5.74, 6) is 3.92. The molecule has 7 heteroatoms. The molecule has 1 N–H and O–H groups in total. The van der Waals surface area contributed by atoms with Gasteiger partial charge in [0, 0.05) is 25.3 Å². The van der Waals surface area contributed by atoms with Crippen molar-refractivity contribution in [2.24, 2.45) is 52.3 Å². The lowest BCUT2D eigenvalue weighted by Gasteiger charge is -2.60. The summed E-state index contributed by atoms with van der Waals surface area (Å²) in [5, 5.41) is 2.85. The number of hydrogen-bond acceptors (Lipinski definition) is 5. The third kappa shape index (κ3) is 6.13. The molecule has 0 spiro atoms. The van der Waals surface area contributed by atoms with Crippen LogP contribution in [-0.2, 0) is 19.7 Å². The molecule has 6 nitrogen and oxygen atoms in total. The predicted molar refractivity (Wildman–Crippen MR) is 145 cm³/mol. The van der Waals surface area contributed by atoms with E-state index in [0.717, 1.165) is 43.4 Å². The molecule has 1 amide bonds. The zero-order chi connectivity index (χ0) is 27.2. The Hall–Kier alpha value is -0.950. The Morgan fingerprint density at radius 3 is 2.41 bits per heavy atom. The second-order valence-corrected chi connectivity index (χ2v) is 15.7. The summed E-state index contributed by atoms with van der Waals surface area (Å²) in [6.45, 7) is 11.3. The zero-order valence-electron chi connectivity index (χ0n) is 23.8. The van der Waals surface area contributed by atoms with Crippen molar-refractivity contribution in [1.82, 2.24) is 5.32 Å². The van der Waals surface area contributed by atoms with Crippen molar-refractivity contribution in [3.63, 3.8) is 0 Å². The highest BCUT2D eigenvalue weighted by atomic mass is 32.2. The van der Waals surface area contributed by atoms with E-state index in [-0.39, 0.29) is 11.8 Å². The Labute approximate surface area is 225 Å². The van der Waals surface area contributed by atoms with Crippen molar-refractivity contribution in [3.05, 3.63) is 0 Å². The quantitative estimate of drug-likeness (QED) is 0.380. The minimum atomic E-state index is -4.39. The van der Waals surface area contributed by atoms with Gasteiger partial charge in [0.05, 0.1) is 15.9 Å². The van der Waals surface area contributed by atoms with Gasteiger partial charge in [0.2, 0.25) is 5.91 Å². The van der Waals surface area contributed by atoms with Crippen LogP contribution in [-0.4, -0.2) is 36.5 Å². The fourth-order valence-electron chi connectivity index (χ4n) is 9.86. The lowest BCUT2D eigenvalue weighted by Crippen LogP contribution is -2.53. The molecule has 0 aromatic carbocycles. The van der Waals surface area contributed by atoms with Crippen molar-refractivity contribution >= 4 is 21.8 Å². The summed E-state index contributed by atoms with van der Waals surface area (Å²) in [4.78, 5) is 24.9. The SMILES string of the molecule is CC(C)C[C@H](CS(=O)(=O)[O-])NC(=O)CC[C@@H](C)[C@H]1CC[C@H]2[C@@H]3CC[C@@H]4CC(=O)CC[C@]4(C)[C@H]3CC[C@]12C. The van der Waals surface area contributed by atoms with E-state index >= 15 is 0 Å². The summed E-state index contributed by atoms with van der Waals surface area (Å²) in [6, 6.07) is -0.611. The van der Waals surface area contributed by atoms with Crippen LogP contribution in [0.5, 0.6) is 0 Å². The number of carbonyl (C=O) groups is 2. The molecule has 212 valence electrons. The number of hydrogen-bond donors (Lipinski definition) is 1. The largest absolute Gasteiger partial charge is 0.748 e. The summed E-state index contributed by atoms with van der Waals surface area (Å²) < 4.78 is 33.9. The molecule has 4 rings (SSSR count). The van der Waals surface area contributed by atoms with E-state index in [2.05, 4.69) is 26.1 Å². The molecule has 4 aliphatic rings. The molecule has 4 fully saturated rings. The van der Waals surface area contributed by atoms with Gasteiger partial charge >= 0.3 is 0 Å². The third-order valence-corrected chi connectivity index (χ3v) is 12.4. The predicted octanol–water partition coefficient (Wildman–Crippen LogP) is 5.71. The van der Waals surface area contributed by atoms with Crippen molar-refractivity contribution in [2.75, 3.05) is 5.75 Å². The number of carbonyl (C=O) groups excluding carboxylic acids is 2. The van der Waals surface area contributed by atoms with Gasteiger partial charge in [-0.05, 0) is 110 Å². The summed E-state index contributed by atoms with van der Waals surface area (Å²) in [7, 11) is -4.39. The number of fused-ring (bicyclic) bond motifs is 5. The van der Waals surface area contributed by atoms with Gasteiger partial charge in [-0.15, -0.1) is 0 Å². The Balaban J connectivity index is 1.36. The van der Waals surface area contributed by atoms with Crippen LogP contribution < -0.4 is 5.32 Å². The maximum Gasteiger partial charge on any atom is 0.220 e. The molecule has 0 unspecified atom stereocenters. The molecule has 37 heavy (non-hydrogen) atoms. The van der Waals surface area contributed by atoms with E-state index in [0.29, 0.717) is 47.2 Å². The van der Waals surface area contributed by atoms with Crippen molar-refractivity contribution in [2.45, 2.75) is 118 Å². The lowest BCUT2D eigenvalue weighted by atomic mass is 9.44. The first kappa shape index (κ1) is 29.0. The Morgan fingerprint density at radius 2 is 1.73 bits per heavy atom. The first-order valence-corrected chi connectivity index (χ1v) is 16.5. The topological polar surface area (TPSA) is 103 Å². The standard InChI is InChI=1S/C30H51NO5S/c1-19(2)16-22(18-37(34,35)36)31-28(33)11-6-20(3)25-9-10-26-24-8-7-21-17-23(32)12-14-29(21,4)27(24)13-15-30(25,26)5/h19-22,24-27H,6-18H2,1-5H3,(H,31,33)(H,34,35,36)/p-1/t20-,21-,22-,24+,25-,26+,27+,29+,30-/m1/s1. The summed E-state index contributed by atoms with van der Waals surface area (Å²) in [5.41, 5.74) is 0.658. The first-order chi connectivity index (χ1) is 17.2. The fraction of sp³-hybridized carbons (Fsp3) is 0.933. The molecular formula is C30H50NO5S-. The Morgan fingerprint density at radius 1 is 1.03 bits per heavy atom. The van der Waals surface area contributed by atoms with Crippen LogP contribution in [0.4, 0.5) is 0 Å². The van der Waals surface area contributed by atoms with E-state index < -0.39 is 21.9 Å². The van der Waals surface area contributed by atoms with Crippen molar-refractivity contribution in [1.29, 1.82) is 0 Å². The van der Waals surface area contributed by atoms with Crippen LogP contribution >= 0.6 is 0 Å². The van der Waals surface area contributed by atoms with Gasteiger partial charge in [0.1, 0.15) is 5.78 Å². The third-order valence-electron chi connectivity index (χ3n) is 11.6. The first-order valence-electron chi connectivity index (χ1n) is 15.0. The van der Waals surface area contributed by atoms with E-state index in [4.69, 9.17) is 0 Å². The van der Waals surface area contributed by atoms with Gasteiger partial charge in [0.15, 0.2) is 0 Å². The van der Waals surface area contributed by atoms with Crippen molar-refractivity contribution < 1.29 is 22.6 Å². The Kier molecular flexibility index (Phi) is 8.56. The van der Waals surface area contributed by atoms with E-state index in [1.165, 1.54) is 38.5 Å². The van der Waals surface area contributed by atoms with Crippen LogP contribution in [0.15, 0.2) is 0 Å². The molecule has 0 aromatic heterocycles. The van der Waals surface area contributed by atoms with Gasteiger partial charge < -0.3 is 9.87 Å². The molecule has 0 aliphatic heterocycles. The van der Waals surface area contributed by atoms with E-state index in [1.54, 1.807) is 0 Å². The summed E-state index contributed by atoms with van der Waals surface area (Å²) in [6.07, 6.45) is 11.9.